The molecule has 0 aromatic heterocycles. The number of ether oxygens (including phenoxy) is 3. The van der Waals surface area contributed by atoms with Crippen LogP contribution in [0.25, 0.3) is 0 Å². The molecule has 1 fully saturated rings. The number of hydrogen-bond donors (Lipinski definition) is 2. The summed E-state index contributed by atoms with van der Waals surface area (Å²) in [5.74, 6) is 0.902. The number of benzene rings is 2. The highest BCUT2D eigenvalue weighted by atomic mass is 32.2. The quantitative estimate of drug-likeness (QED) is 0.638. The van der Waals surface area contributed by atoms with Crippen molar-refractivity contribution in [2.75, 3.05) is 13.7 Å². The van der Waals surface area contributed by atoms with E-state index in [1.165, 1.54) is 6.92 Å². The average molecular weight is 417 g/mol. The summed E-state index contributed by atoms with van der Waals surface area (Å²) in [4.78, 5) is 22.8. The summed E-state index contributed by atoms with van der Waals surface area (Å²) in [6, 6.07) is 14.7. The maximum Gasteiger partial charge on any atom is 0.303 e. The van der Waals surface area contributed by atoms with Crippen LogP contribution in [0.5, 0.6) is 11.5 Å². The second kappa shape index (κ2) is 9.67. The third-order valence-electron chi connectivity index (χ3n) is 4.41. The van der Waals surface area contributed by atoms with Crippen LogP contribution in [0.1, 0.15) is 24.2 Å². The molecule has 0 aliphatic carbocycles. The third-order valence-corrected chi connectivity index (χ3v) is 5.47. The number of carbonyl (C=O) groups excluding carboxylic acids is 2. The van der Waals surface area contributed by atoms with Gasteiger partial charge in [-0.15, -0.1) is 0 Å². The summed E-state index contributed by atoms with van der Waals surface area (Å²) >= 11 is 1.10. The summed E-state index contributed by atoms with van der Waals surface area (Å²) in [5.41, 5.74) is 1.76. The summed E-state index contributed by atoms with van der Waals surface area (Å²) < 4.78 is 16.5. The van der Waals surface area contributed by atoms with E-state index < -0.39 is 18.3 Å². The lowest BCUT2D eigenvalue weighted by Gasteiger charge is -2.19. The van der Waals surface area contributed by atoms with Crippen LogP contribution >= 0.6 is 11.8 Å². The van der Waals surface area contributed by atoms with Crippen LogP contribution in [0.4, 0.5) is 4.79 Å². The van der Waals surface area contributed by atoms with Gasteiger partial charge in [0.2, 0.25) is 0 Å². The van der Waals surface area contributed by atoms with Gasteiger partial charge in [0.05, 0.1) is 12.4 Å². The Kier molecular flexibility index (Phi) is 7.00. The number of methoxy groups -OCH3 is 1. The number of thioether (sulfide) groups is 1. The molecule has 1 aliphatic rings. The number of hydrogen-bond acceptors (Lipinski definition) is 7. The molecule has 0 bridgehead atoms. The average Bonchev–Trinajstić information content (AvgIpc) is 3.02. The van der Waals surface area contributed by atoms with Gasteiger partial charge >= 0.3 is 5.97 Å². The summed E-state index contributed by atoms with van der Waals surface area (Å²) in [6.45, 7) is 1.51. The minimum Gasteiger partial charge on any atom is -0.497 e. The third kappa shape index (κ3) is 5.88. The Labute approximate surface area is 173 Å². The monoisotopic (exact) mass is 417 g/mol. The van der Waals surface area contributed by atoms with Crippen molar-refractivity contribution in [2.24, 2.45) is 0 Å². The van der Waals surface area contributed by atoms with Gasteiger partial charge in [-0.05, 0) is 41.8 Å². The Morgan fingerprint density at radius 3 is 2.59 bits per heavy atom. The first-order valence-electron chi connectivity index (χ1n) is 9.12. The number of carbonyl (C=O) groups is 2. The SMILES string of the molecule is COc1cccc(C(COc2ccc(CC3SC(=O)NC3O)cc2)OC(C)=O)c1. The molecule has 2 aromatic carbocycles. The molecule has 1 aliphatic heterocycles. The van der Waals surface area contributed by atoms with Crippen LogP contribution in [0.3, 0.4) is 0 Å². The fraction of sp³-hybridized carbons (Fsp3) is 0.333. The van der Waals surface area contributed by atoms with Crippen LogP contribution in [0.15, 0.2) is 48.5 Å². The first-order chi connectivity index (χ1) is 13.9. The molecule has 8 heteroatoms. The van der Waals surface area contributed by atoms with Gasteiger partial charge in [-0.2, -0.15) is 0 Å². The van der Waals surface area contributed by atoms with Crippen molar-refractivity contribution >= 4 is 23.0 Å². The molecule has 29 heavy (non-hydrogen) atoms. The maximum absolute atomic E-state index is 11.5. The molecular weight excluding hydrogens is 394 g/mol. The van der Waals surface area contributed by atoms with E-state index in [1.54, 1.807) is 13.2 Å². The van der Waals surface area contributed by atoms with Crippen molar-refractivity contribution in [1.82, 2.24) is 5.32 Å². The summed E-state index contributed by atoms with van der Waals surface area (Å²) in [6.07, 6.45) is -0.842. The van der Waals surface area contributed by atoms with Gasteiger partial charge in [0.15, 0.2) is 6.10 Å². The highest BCUT2D eigenvalue weighted by molar-refractivity contribution is 8.14. The van der Waals surface area contributed by atoms with E-state index in [9.17, 15) is 14.7 Å². The Morgan fingerprint density at radius 1 is 1.21 bits per heavy atom. The zero-order chi connectivity index (χ0) is 20.8. The number of aliphatic hydroxyl groups excluding tert-OH is 1. The van der Waals surface area contributed by atoms with Gasteiger partial charge in [0, 0.05) is 6.92 Å². The van der Waals surface area contributed by atoms with Crippen molar-refractivity contribution in [3.8, 4) is 11.5 Å². The smallest absolute Gasteiger partial charge is 0.303 e. The molecule has 2 N–H and O–H groups in total. The molecule has 0 spiro atoms. The first kappa shape index (κ1) is 21.0. The van der Waals surface area contributed by atoms with Crippen LogP contribution in [-0.4, -0.2) is 41.5 Å². The fourth-order valence-electron chi connectivity index (χ4n) is 2.97. The number of esters is 1. The van der Waals surface area contributed by atoms with Crippen molar-refractivity contribution in [3.05, 3.63) is 59.7 Å². The van der Waals surface area contributed by atoms with E-state index in [-0.39, 0.29) is 17.1 Å². The van der Waals surface area contributed by atoms with E-state index >= 15 is 0 Å². The van der Waals surface area contributed by atoms with Crippen LogP contribution in [0, 0.1) is 0 Å². The molecular formula is C21H23NO6S. The molecule has 1 amide bonds. The number of aliphatic hydroxyl groups is 1. The minimum absolute atomic E-state index is 0.154. The largest absolute Gasteiger partial charge is 0.497 e. The molecule has 3 atom stereocenters. The minimum atomic E-state index is -0.837. The van der Waals surface area contributed by atoms with Gasteiger partial charge in [-0.25, -0.2) is 0 Å². The molecule has 3 unspecified atom stereocenters. The summed E-state index contributed by atoms with van der Waals surface area (Å²) in [5, 5.41) is 11.9. The summed E-state index contributed by atoms with van der Waals surface area (Å²) in [7, 11) is 1.58. The van der Waals surface area contributed by atoms with E-state index in [1.807, 2.05) is 42.5 Å². The topological polar surface area (TPSA) is 94.1 Å². The Balaban J connectivity index is 1.61. The molecule has 7 nitrogen and oxygen atoms in total. The predicted molar refractivity (Wildman–Crippen MR) is 109 cm³/mol. The number of rotatable bonds is 8. The lowest BCUT2D eigenvalue weighted by atomic mass is 10.1. The molecule has 154 valence electrons. The van der Waals surface area contributed by atoms with Crippen LogP contribution < -0.4 is 14.8 Å². The molecule has 1 heterocycles. The molecule has 1 saturated heterocycles. The van der Waals surface area contributed by atoms with Gasteiger partial charge in [0.1, 0.15) is 24.3 Å². The number of nitrogens with one attached hydrogen (secondary N) is 1. The Morgan fingerprint density at radius 2 is 1.97 bits per heavy atom. The van der Waals surface area contributed by atoms with Crippen LogP contribution in [0.2, 0.25) is 0 Å². The van der Waals surface area contributed by atoms with Crippen molar-refractivity contribution in [3.63, 3.8) is 0 Å². The molecule has 0 radical (unpaired) electrons. The zero-order valence-electron chi connectivity index (χ0n) is 16.2. The van der Waals surface area contributed by atoms with E-state index in [2.05, 4.69) is 5.32 Å². The lowest BCUT2D eigenvalue weighted by Crippen LogP contribution is -2.31. The highest BCUT2D eigenvalue weighted by Crippen LogP contribution is 2.27. The van der Waals surface area contributed by atoms with E-state index in [0.717, 1.165) is 22.9 Å². The number of amides is 1. The van der Waals surface area contributed by atoms with Crippen molar-refractivity contribution in [1.29, 1.82) is 0 Å². The second-order valence-electron chi connectivity index (χ2n) is 6.57. The highest BCUT2D eigenvalue weighted by Gasteiger charge is 2.31. The Bertz CT molecular complexity index is 857. The molecule has 2 aromatic rings. The normalized spacial score (nSPS) is 19.3. The predicted octanol–water partition coefficient (Wildman–Crippen LogP) is 3.06. The fourth-order valence-corrected chi connectivity index (χ4v) is 3.91. The van der Waals surface area contributed by atoms with Gasteiger partial charge in [-0.1, -0.05) is 36.0 Å². The molecule has 3 rings (SSSR count). The lowest BCUT2D eigenvalue weighted by molar-refractivity contribution is -0.148. The van der Waals surface area contributed by atoms with E-state index in [4.69, 9.17) is 14.2 Å². The first-order valence-corrected chi connectivity index (χ1v) is 10.0. The van der Waals surface area contributed by atoms with Crippen molar-refractivity contribution < 1.29 is 28.9 Å². The standard InChI is InChI=1S/C21H23NO6S/c1-13(23)28-18(15-4-3-5-17(11-15)26-2)12-27-16-8-6-14(7-9-16)10-19-20(24)22-21(25)29-19/h3-9,11,18-20,24H,10,12H2,1-2H3,(H,22,25). The van der Waals surface area contributed by atoms with E-state index in [0.29, 0.717) is 17.9 Å². The maximum atomic E-state index is 11.5. The zero-order valence-corrected chi connectivity index (χ0v) is 17.0. The van der Waals surface area contributed by atoms with Gasteiger partial charge < -0.3 is 24.6 Å². The Hall–Kier alpha value is -2.71. The second-order valence-corrected chi connectivity index (χ2v) is 7.78. The molecule has 0 saturated carbocycles. The van der Waals surface area contributed by atoms with Gasteiger partial charge in [0.25, 0.3) is 5.24 Å². The van der Waals surface area contributed by atoms with Crippen LogP contribution in [-0.2, 0) is 16.0 Å². The van der Waals surface area contributed by atoms with Gasteiger partial charge in [-0.3, -0.25) is 9.59 Å². The van der Waals surface area contributed by atoms with Crippen molar-refractivity contribution in [2.45, 2.75) is 30.9 Å².